The molecule has 0 bridgehead atoms. The summed E-state index contributed by atoms with van der Waals surface area (Å²) in [4.78, 5) is 0. The predicted molar refractivity (Wildman–Crippen MR) is 69.1 cm³/mol. The zero-order valence-corrected chi connectivity index (χ0v) is 10.8. The van der Waals surface area contributed by atoms with Crippen LogP contribution in [0.25, 0.3) is 0 Å². The second kappa shape index (κ2) is 6.54. The lowest BCUT2D eigenvalue weighted by molar-refractivity contribution is 0.271. The molecule has 0 aliphatic heterocycles. The van der Waals surface area contributed by atoms with Crippen molar-refractivity contribution in [2.45, 2.75) is 27.2 Å². The standard InChI is InChI=1S/C14H23NO/c1-11(2)10-16-14-6-5-13(7-8-15-4)12(3)9-14/h5-6,9,11,15H,7-8,10H2,1-4H3. The van der Waals surface area contributed by atoms with Crippen LogP contribution in [0.2, 0.25) is 0 Å². The van der Waals surface area contributed by atoms with Gasteiger partial charge in [-0.25, -0.2) is 0 Å². The van der Waals surface area contributed by atoms with E-state index >= 15 is 0 Å². The Morgan fingerprint density at radius 3 is 2.62 bits per heavy atom. The third kappa shape index (κ3) is 4.23. The Hall–Kier alpha value is -1.02. The van der Waals surface area contributed by atoms with Crippen molar-refractivity contribution >= 4 is 0 Å². The minimum atomic E-state index is 0.573. The average Bonchev–Trinajstić information content (AvgIpc) is 2.25. The van der Waals surface area contributed by atoms with Gasteiger partial charge in [0.2, 0.25) is 0 Å². The Bertz CT molecular complexity index is 321. The van der Waals surface area contributed by atoms with E-state index in [2.05, 4.69) is 44.3 Å². The molecule has 1 rings (SSSR count). The molecular formula is C14H23NO. The highest BCUT2D eigenvalue weighted by Crippen LogP contribution is 2.18. The molecule has 1 aromatic carbocycles. The summed E-state index contributed by atoms with van der Waals surface area (Å²) in [7, 11) is 1.98. The van der Waals surface area contributed by atoms with Crippen LogP contribution in [-0.2, 0) is 6.42 Å². The molecule has 1 N–H and O–H groups in total. The normalized spacial score (nSPS) is 10.8. The molecule has 0 amide bonds. The van der Waals surface area contributed by atoms with E-state index in [1.807, 2.05) is 7.05 Å². The maximum absolute atomic E-state index is 5.69. The second-order valence-electron chi connectivity index (χ2n) is 4.65. The molecule has 90 valence electrons. The number of hydrogen-bond donors (Lipinski definition) is 1. The molecule has 0 atom stereocenters. The van der Waals surface area contributed by atoms with Gasteiger partial charge in [-0.1, -0.05) is 19.9 Å². The molecule has 0 unspecified atom stereocenters. The highest BCUT2D eigenvalue weighted by Gasteiger charge is 2.01. The molecule has 0 aromatic heterocycles. The van der Waals surface area contributed by atoms with E-state index in [0.717, 1.165) is 25.3 Å². The second-order valence-corrected chi connectivity index (χ2v) is 4.65. The van der Waals surface area contributed by atoms with Crippen molar-refractivity contribution in [3.05, 3.63) is 29.3 Å². The van der Waals surface area contributed by atoms with Crippen LogP contribution >= 0.6 is 0 Å². The van der Waals surface area contributed by atoms with E-state index < -0.39 is 0 Å². The molecule has 0 aliphatic carbocycles. The number of ether oxygens (including phenoxy) is 1. The van der Waals surface area contributed by atoms with Gasteiger partial charge in [-0.3, -0.25) is 0 Å². The molecule has 0 aliphatic rings. The predicted octanol–water partition coefficient (Wildman–Crippen LogP) is 2.79. The minimum absolute atomic E-state index is 0.573. The highest BCUT2D eigenvalue weighted by molar-refractivity contribution is 5.35. The van der Waals surface area contributed by atoms with Gasteiger partial charge in [0.1, 0.15) is 5.75 Å². The number of aryl methyl sites for hydroxylation is 1. The molecule has 16 heavy (non-hydrogen) atoms. The quantitative estimate of drug-likeness (QED) is 0.797. The van der Waals surface area contributed by atoms with Crippen LogP contribution in [0.15, 0.2) is 18.2 Å². The summed E-state index contributed by atoms with van der Waals surface area (Å²) in [5, 5.41) is 3.17. The first kappa shape index (κ1) is 13.0. The van der Waals surface area contributed by atoms with Crippen molar-refractivity contribution in [1.29, 1.82) is 0 Å². The van der Waals surface area contributed by atoms with Crippen molar-refractivity contribution in [2.75, 3.05) is 20.2 Å². The molecule has 2 heteroatoms. The minimum Gasteiger partial charge on any atom is -0.493 e. The van der Waals surface area contributed by atoms with Crippen molar-refractivity contribution in [3.8, 4) is 5.75 Å². The fraction of sp³-hybridized carbons (Fsp3) is 0.571. The van der Waals surface area contributed by atoms with Crippen LogP contribution in [0.1, 0.15) is 25.0 Å². The Balaban J connectivity index is 2.59. The van der Waals surface area contributed by atoms with Crippen LogP contribution in [0, 0.1) is 12.8 Å². The number of nitrogens with one attached hydrogen (secondary N) is 1. The molecule has 0 heterocycles. The van der Waals surface area contributed by atoms with Gasteiger partial charge < -0.3 is 10.1 Å². The third-order valence-corrected chi connectivity index (χ3v) is 2.54. The Labute approximate surface area is 99.0 Å². The largest absolute Gasteiger partial charge is 0.493 e. The van der Waals surface area contributed by atoms with Crippen molar-refractivity contribution in [1.82, 2.24) is 5.32 Å². The summed E-state index contributed by atoms with van der Waals surface area (Å²) >= 11 is 0. The monoisotopic (exact) mass is 221 g/mol. The molecule has 0 radical (unpaired) electrons. The van der Waals surface area contributed by atoms with Gasteiger partial charge in [0, 0.05) is 0 Å². The first-order chi connectivity index (χ1) is 7.63. The maximum atomic E-state index is 5.69. The molecule has 0 spiro atoms. The van der Waals surface area contributed by atoms with Gasteiger partial charge in [-0.05, 0) is 56.1 Å². The van der Waals surface area contributed by atoms with E-state index in [1.165, 1.54) is 11.1 Å². The first-order valence-electron chi connectivity index (χ1n) is 6.00. The van der Waals surface area contributed by atoms with Crippen LogP contribution in [0.5, 0.6) is 5.75 Å². The van der Waals surface area contributed by atoms with Crippen molar-refractivity contribution in [3.63, 3.8) is 0 Å². The van der Waals surface area contributed by atoms with Gasteiger partial charge in [-0.2, -0.15) is 0 Å². The van der Waals surface area contributed by atoms with Gasteiger partial charge in [-0.15, -0.1) is 0 Å². The topological polar surface area (TPSA) is 21.3 Å². The first-order valence-corrected chi connectivity index (χ1v) is 6.00. The smallest absolute Gasteiger partial charge is 0.119 e. The lowest BCUT2D eigenvalue weighted by Gasteiger charge is -2.11. The number of benzene rings is 1. The van der Waals surface area contributed by atoms with Gasteiger partial charge >= 0.3 is 0 Å². The van der Waals surface area contributed by atoms with E-state index in [0.29, 0.717) is 5.92 Å². The fourth-order valence-electron chi connectivity index (χ4n) is 1.56. The molecular weight excluding hydrogens is 198 g/mol. The Kier molecular flexibility index (Phi) is 5.33. The molecule has 0 saturated heterocycles. The summed E-state index contributed by atoms with van der Waals surface area (Å²) < 4.78 is 5.69. The van der Waals surface area contributed by atoms with Crippen LogP contribution in [0.4, 0.5) is 0 Å². The van der Waals surface area contributed by atoms with Crippen molar-refractivity contribution < 1.29 is 4.74 Å². The number of likely N-dealkylation sites (N-methyl/N-ethyl adjacent to an activating group) is 1. The molecule has 2 nitrogen and oxygen atoms in total. The zero-order valence-electron chi connectivity index (χ0n) is 10.8. The molecule has 1 aromatic rings. The Morgan fingerprint density at radius 1 is 1.31 bits per heavy atom. The van der Waals surface area contributed by atoms with Crippen LogP contribution < -0.4 is 10.1 Å². The summed E-state index contributed by atoms with van der Waals surface area (Å²) in [5.41, 5.74) is 2.71. The summed E-state index contributed by atoms with van der Waals surface area (Å²) in [6.45, 7) is 8.28. The molecule has 0 saturated carbocycles. The Morgan fingerprint density at radius 2 is 2.06 bits per heavy atom. The summed E-state index contributed by atoms with van der Waals surface area (Å²) in [6.07, 6.45) is 1.08. The number of rotatable bonds is 6. The third-order valence-electron chi connectivity index (χ3n) is 2.54. The van der Waals surface area contributed by atoms with E-state index in [-0.39, 0.29) is 0 Å². The van der Waals surface area contributed by atoms with Crippen LogP contribution in [0.3, 0.4) is 0 Å². The fourth-order valence-corrected chi connectivity index (χ4v) is 1.56. The summed E-state index contributed by atoms with van der Waals surface area (Å²) in [5.74, 6) is 1.56. The maximum Gasteiger partial charge on any atom is 0.119 e. The number of hydrogen-bond acceptors (Lipinski definition) is 2. The molecule has 0 fully saturated rings. The van der Waals surface area contributed by atoms with Gasteiger partial charge in [0.25, 0.3) is 0 Å². The van der Waals surface area contributed by atoms with E-state index in [1.54, 1.807) is 0 Å². The van der Waals surface area contributed by atoms with E-state index in [9.17, 15) is 0 Å². The van der Waals surface area contributed by atoms with Gasteiger partial charge in [0.15, 0.2) is 0 Å². The average molecular weight is 221 g/mol. The van der Waals surface area contributed by atoms with Gasteiger partial charge in [0.05, 0.1) is 6.61 Å². The van der Waals surface area contributed by atoms with Crippen LogP contribution in [-0.4, -0.2) is 20.2 Å². The lowest BCUT2D eigenvalue weighted by atomic mass is 10.1. The lowest BCUT2D eigenvalue weighted by Crippen LogP contribution is -2.11. The van der Waals surface area contributed by atoms with Crippen molar-refractivity contribution in [2.24, 2.45) is 5.92 Å². The summed E-state index contributed by atoms with van der Waals surface area (Å²) in [6, 6.07) is 6.37. The highest BCUT2D eigenvalue weighted by atomic mass is 16.5. The zero-order chi connectivity index (χ0) is 12.0. The van der Waals surface area contributed by atoms with E-state index in [4.69, 9.17) is 4.74 Å². The SMILES string of the molecule is CNCCc1ccc(OCC(C)C)cc1C.